The Hall–Kier alpha value is -1.47. The number of aromatic nitrogens is 4. The van der Waals surface area contributed by atoms with Crippen molar-refractivity contribution in [1.82, 2.24) is 19.5 Å². The number of anilines is 1. The highest BCUT2D eigenvalue weighted by Crippen LogP contribution is 2.55. The van der Waals surface area contributed by atoms with E-state index in [2.05, 4.69) is 20.3 Å². The van der Waals surface area contributed by atoms with Crippen LogP contribution in [0.2, 0.25) is 0 Å². The number of rotatable bonds is 8. The molecular formula is C16H25N5O9P2. The van der Waals surface area contributed by atoms with Crippen LogP contribution in [0.5, 0.6) is 0 Å². The Morgan fingerprint density at radius 1 is 1.12 bits per heavy atom. The molecule has 16 heteroatoms. The molecule has 32 heavy (non-hydrogen) atoms. The van der Waals surface area contributed by atoms with E-state index in [4.69, 9.17) is 19.0 Å². The Kier molecular flexibility index (Phi) is 6.70. The van der Waals surface area contributed by atoms with Crippen LogP contribution in [0.15, 0.2) is 12.7 Å². The van der Waals surface area contributed by atoms with Gasteiger partial charge >= 0.3 is 15.2 Å². The van der Waals surface area contributed by atoms with Crippen molar-refractivity contribution < 1.29 is 43.3 Å². The van der Waals surface area contributed by atoms with Crippen molar-refractivity contribution >= 4 is 32.2 Å². The summed E-state index contributed by atoms with van der Waals surface area (Å²) in [4.78, 5) is 40.1. The van der Waals surface area contributed by atoms with Gasteiger partial charge in [-0.25, -0.2) is 15.0 Å². The average Bonchev–Trinajstić information content (AvgIpc) is 3.41. The zero-order valence-electron chi connectivity index (χ0n) is 16.8. The normalized spacial score (nSPS) is 28.9. The smallest absolute Gasteiger partial charge is 0.340 e. The Bertz CT molecular complexity index is 1060. The lowest BCUT2D eigenvalue weighted by atomic mass is 10.1. The highest BCUT2D eigenvalue weighted by atomic mass is 31.2. The van der Waals surface area contributed by atoms with Crippen LogP contribution >= 0.6 is 15.2 Å². The first kappa shape index (κ1) is 23.7. The summed E-state index contributed by atoms with van der Waals surface area (Å²) >= 11 is 0. The molecule has 5 atom stereocenters. The molecule has 4 rings (SSSR count). The number of nitrogens with one attached hydrogen (secondary N) is 1. The Morgan fingerprint density at radius 3 is 2.53 bits per heavy atom. The molecule has 1 aliphatic heterocycles. The topological polar surface area (TPSA) is 209 Å². The van der Waals surface area contributed by atoms with Gasteiger partial charge in [-0.2, -0.15) is 0 Å². The average molecular weight is 493 g/mol. The number of hydrogen-bond acceptors (Lipinski definition) is 10. The molecule has 6 N–H and O–H groups in total. The highest BCUT2D eigenvalue weighted by Gasteiger charge is 2.45. The van der Waals surface area contributed by atoms with Gasteiger partial charge in [0.1, 0.15) is 24.6 Å². The number of fused-ring (bicyclic) bond motifs is 1. The number of aliphatic hydroxyl groups is 2. The Morgan fingerprint density at radius 2 is 1.84 bits per heavy atom. The maximum atomic E-state index is 11.8. The summed E-state index contributed by atoms with van der Waals surface area (Å²) in [6, 6.07) is 0.289. The molecule has 178 valence electrons. The van der Waals surface area contributed by atoms with Gasteiger partial charge in [-0.1, -0.05) is 12.8 Å². The third-order valence-electron chi connectivity index (χ3n) is 5.47. The molecule has 2 fully saturated rings. The highest BCUT2D eigenvalue weighted by molar-refractivity contribution is 7.70. The van der Waals surface area contributed by atoms with Crippen molar-refractivity contribution in [2.75, 3.05) is 17.8 Å². The molecule has 14 nitrogen and oxygen atoms in total. The molecule has 2 aromatic heterocycles. The molecule has 0 spiro atoms. The molecule has 1 aliphatic carbocycles. The van der Waals surface area contributed by atoms with Gasteiger partial charge in [0.15, 0.2) is 29.1 Å². The number of hydrogen-bond donors (Lipinski definition) is 6. The second-order valence-electron chi connectivity index (χ2n) is 7.96. The first-order chi connectivity index (χ1) is 15.0. The lowest BCUT2D eigenvalue weighted by molar-refractivity contribution is -0.0483. The zero-order valence-corrected chi connectivity index (χ0v) is 18.6. The van der Waals surface area contributed by atoms with Gasteiger partial charge in [0.05, 0.1) is 12.9 Å². The first-order valence-corrected chi connectivity index (χ1v) is 13.6. The summed E-state index contributed by atoms with van der Waals surface area (Å²) in [7, 11) is -9.43. The van der Waals surface area contributed by atoms with Crippen LogP contribution < -0.4 is 5.32 Å². The predicted molar refractivity (Wildman–Crippen MR) is 110 cm³/mol. The van der Waals surface area contributed by atoms with Crippen LogP contribution in [0.4, 0.5) is 5.82 Å². The molecule has 0 amide bonds. The van der Waals surface area contributed by atoms with Crippen LogP contribution in [0.3, 0.4) is 0 Å². The maximum absolute atomic E-state index is 11.8. The molecule has 0 aromatic carbocycles. The zero-order chi connectivity index (χ0) is 23.1. The van der Waals surface area contributed by atoms with E-state index in [-0.39, 0.29) is 6.04 Å². The summed E-state index contributed by atoms with van der Waals surface area (Å²) in [6.45, 7) is -0.668. The second kappa shape index (κ2) is 9.05. The van der Waals surface area contributed by atoms with Gasteiger partial charge in [0.2, 0.25) is 0 Å². The van der Waals surface area contributed by atoms with Crippen molar-refractivity contribution in [2.45, 2.75) is 56.3 Å². The number of aliphatic hydroxyl groups excluding tert-OH is 2. The quantitative estimate of drug-likeness (QED) is 0.271. The maximum Gasteiger partial charge on any atom is 0.340 e. The van der Waals surface area contributed by atoms with Crippen LogP contribution in [-0.2, 0) is 18.4 Å². The molecule has 1 saturated heterocycles. The second-order valence-corrected chi connectivity index (χ2v) is 12.0. The van der Waals surface area contributed by atoms with Crippen LogP contribution in [-0.4, -0.2) is 81.3 Å². The molecule has 3 heterocycles. The fourth-order valence-electron chi connectivity index (χ4n) is 3.97. The Labute approximate surface area is 182 Å². The van der Waals surface area contributed by atoms with Gasteiger partial charge in [-0.05, 0) is 12.8 Å². The SMILES string of the molecule is O=P(O)(O)CP(=O)(O)OC[C@H]1O[C@@H](n2cnc3c(NC4CCCC4)ncnc32)[C@H](O)[C@@H]1O. The van der Waals surface area contributed by atoms with Crippen LogP contribution in [0.25, 0.3) is 11.2 Å². The van der Waals surface area contributed by atoms with Gasteiger partial charge in [0.25, 0.3) is 0 Å². The molecule has 1 unspecified atom stereocenters. The van der Waals surface area contributed by atoms with E-state index in [1.165, 1.54) is 17.2 Å². The van der Waals surface area contributed by atoms with Gasteiger partial charge in [0, 0.05) is 6.04 Å². The van der Waals surface area contributed by atoms with Crippen LogP contribution in [0, 0.1) is 0 Å². The monoisotopic (exact) mass is 493 g/mol. The summed E-state index contributed by atoms with van der Waals surface area (Å²) < 4.78 is 34.6. The standard InChI is InChI=1S/C16H25N5O9P2/c22-12-10(5-29-32(27,28)8-31(24,25)26)30-16(13(12)23)21-7-19-11-14(17-6-18-15(11)21)20-9-3-1-2-4-9/h6-7,9-10,12-13,16,22-23H,1-5,8H2,(H,27,28)(H,17,18,20)(H2,24,25,26)/t10-,12-,13-,16-/m1/s1. The predicted octanol–water partition coefficient (Wildman–Crippen LogP) is 0.137. The van der Waals surface area contributed by atoms with Gasteiger partial charge < -0.3 is 39.5 Å². The molecule has 2 aromatic rings. The minimum atomic E-state index is -4.79. The van der Waals surface area contributed by atoms with E-state index in [0.717, 1.165) is 25.7 Å². The molecule has 1 saturated carbocycles. The van der Waals surface area contributed by atoms with E-state index < -0.39 is 52.2 Å². The lowest BCUT2D eigenvalue weighted by Gasteiger charge is -2.18. The summed E-state index contributed by atoms with van der Waals surface area (Å²) in [5.41, 5.74) is 0.818. The van der Waals surface area contributed by atoms with Gasteiger partial charge in [-0.15, -0.1) is 0 Å². The van der Waals surface area contributed by atoms with Crippen molar-refractivity contribution in [1.29, 1.82) is 0 Å². The third kappa shape index (κ3) is 5.19. The molecule has 2 aliphatic rings. The summed E-state index contributed by atoms with van der Waals surface area (Å²) in [5, 5.41) is 24.1. The third-order valence-corrected chi connectivity index (χ3v) is 8.93. The van der Waals surface area contributed by atoms with E-state index in [1.807, 2.05) is 0 Å². The molecule has 0 radical (unpaired) electrons. The molecular weight excluding hydrogens is 468 g/mol. The number of ether oxygens (including phenoxy) is 1. The Balaban J connectivity index is 1.49. The number of imidazole rings is 1. The fourth-order valence-corrected chi connectivity index (χ4v) is 6.54. The summed E-state index contributed by atoms with van der Waals surface area (Å²) in [5.74, 6) is -0.818. The van der Waals surface area contributed by atoms with Crippen LogP contribution in [0.1, 0.15) is 31.9 Å². The fraction of sp³-hybridized carbons (Fsp3) is 0.688. The van der Waals surface area contributed by atoms with Gasteiger partial charge in [-0.3, -0.25) is 13.7 Å². The number of nitrogens with zero attached hydrogens (tertiary/aromatic N) is 4. The van der Waals surface area contributed by atoms with E-state index in [9.17, 15) is 24.2 Å². The van der Waals surface area contributed by atoms with Crippen molar-refractivity contribution in [3.05, 3.63) is 12.7 Å². The minimum Gasteiger partial charge on any atom is -0.387 e. The summed E-state index contributed by atoms with van der Waals surface area (Å²) in [6.07, 6.45) is 1.77. The van der Waals surface area contributed by atoms with Crippen molar-refractivity contribution in [3.8, 4) is 0 Å². The van der Waals surface area contributed by atoms with Crippen molar-refractivity contribution in [3.63, 3.8) is 0 Å². The van der Waals surface area contributed by atoms with E-state index in [1.54, 1.807) is 0 Å². The van der Waals surface area contributed by atoms with E-state index >= 15 is 0 Å². The minimum absolute atomic E-state index is 0.289. The largest absolute Gasteiger partial charge is 0.387 e. The van der Waals surface area contributed by atoms with E-state index in [0.29, 0.717) is 17.0 Å². The van der Waals surface area contributed by atoms with Crippen molar-refractivity contribution in [2.24, 2.45) is 0 Å². The molecule has 0 bridgehead atoms. The first-order valence-electron chi connectivity index (χ1n) is 10.0. The lowest BCUT2D eigenvalue weighted by Crippen LogP contribution is -2.33.